The average molecular weight is 546 g/mol. The van der Waals surface area contributed by atoms with E-state index in [0.29, 0.717) is 6.42 Å². The lowest BCUT2D eigenvalue weighted by Gasteiger charge is -2.37. The molecule has 1 unspecified atom stereocenters. The highest BCUT2D eigenvalue weighted by Crippen LogP contribution is 2.65. The maximum absolute atomic E-state index is 13.8. The second kappa shape index (κ2) is 9.78. The molecule has 36 heavy (non-hydrogen) atoms. The minimum Gasteiger partial charge on any atom is -0.444 e. The second-order valence-corrected chi connectivity index (χ2v) is 13.9. The monoisotopic (exact) mass is 545 g/mol. The number of alkyl halides is 2. The van der Waals surface area contributed by atoms with Crippen LogP contribution in [0.2, 0.25) is 0 Å². The molecule has 0 aromatic carbocycles. The molecule has 1 aliphatic heterocycles. The van der Waals surface area contributed by atoms with Crippen LogP contribution >= 0.6 is 23.2 Å². The number of fused-ring (bicyclic) bond motifs is 1. The molecule has 2 aliphatic carbocycles. The summed E-state index contributed by atoms with van der Waals surface area (Å²) in [5.41, 5.74) is 3.77. The molecule has 3 aliphatic rings. The van der Waals surface area contributed by atoms with Crippen molar-refractivity contribution in [2.75, 3.05) is 6.54 Å². The number of amides is 3. The number of carbonyl (C=O) groups excluding carboxylic acids is 5. The minimum absolute atomic E-state index is 0.145. The standard InChI is InChI=1S/C25H37Cl2N3O6/c1-23(2,3)19(29-22(35)36-24(4,5)6)21(34)30-11-14-16(25(14,26)27)17(30)15(31)10-13(9-12-7-8-12)18(32)20(28)33/h12-14,16-17,19H,7-11H2,1-6H3,(H2,28,33)(H,29,35)/t13?,14-,16-,17+,19+/m0/s1. The Kier molecular flexibility index (Phi) is 7.80. The fraction of sp³-hybridized carbons (Fsp3) is 0.800. The fourth-order valence-corrected chi connectivity index (χ4v) is 5.87. The van der Waals surface area contributed by atoms with E-state index in [1.165, 1.54) is 4.90 Å². The van der Waals surface area contributed by atoms with Gasteiger partial charge < -0.3 is 20.7 Å². The van der Waals surface area contributed by atoms with E-state index in [-0.39, 0.29) is 30.6 Å². The van der Waals surface area contributed by atoms with Crippen LogP contribution in [0.15, 0.2) is 0 Å². The number of piperidine rings is 1. The van der Waals surface area contributed by atoms with Crippen LogP contribution in [0.3, 0.4) is 0 Å². The molecule has 3 N–H and O–H groups in total. The molecule has 3 rings (SSSR count). The molecule has 2 saturated carbocycles. The Bertz CT molecular complexity index is 950. The highest BCUT2D eigenvalue weighted by Gasteiger charge is 2.73. The molecule has 202 valence electrons. The van der Waals surface area contributed by atoms with Crippen LogP contribution in [-0.2, 0) is 23.9 Å². The third-order valence-corrected chi connectivity index (χ3v) is 8.16. The molecule has 0 aromatic heterocycles. The second-order valence-electron chi connectivity index (χ2n) is 12.5. The van der Waals surface area contributed by atoms with Crippen molar-refractivity contribution in [3.05, 3.63) is 0 Å². The van der Waals surface area contributed by atoms with Gasteiger partial charge >= 0.3 is 6.09 Å². The maximum atomic E-state index is 13.8. The van der Waals surface area contributed by atoms with Crippen molar-refractivity contribution < 1.29 is 28.7 Å². The number of Topliss-reactive ketones (excluding diaryl/α,β-unsaturated/α-hetero) is 2. The van der Waals surface area contributed by atoms with E-state index in [1.807, 2.05) is 0 Å². The maximum Gasteiger partial charge on any atom is 0.408 e. The summed E-state index contributed by atoms with van der Waals surface area (Å²) in [6.07, 6.45) is 1.31. The van der Waals surface area contributed by atoms with Gasteiger partial charge in [-0.25, -0.2) is 4.79 Å². The topological polar surface area (TPSA) is 136 Å². The zero-order chi connectivity index (χ0) is 27.4. The summed E-state index contributed by atoms with van der Waals surface area (Å²) in [6, 6.07) is -1.96. The number of carbonyl (C=O) groups is 5. The Labute approximate surface area is 222 Å². The van der Waals surface area contributed by atoms with Crippen molar-refractivity contribution in [1.29, 1.82) is 0 Å². The summed E-state index contributed by atoms with van der Waals surface area (Å²) in [4.78, 5) is 65.3. The third-order valence-electron chi connectivity index (χ3n) is 7.10. The summed E-state index contributed by atoms with van der Waals surface area (Å²) in [7, 11) is 0. The van der Waals surface area contributed by atoms with Crippen LogP contribution in [0.25, 0.3) is 0 Å². The van der Waals surface area contributed by atoms with Crippen molar-refractivity contribution >= 4 is 52.7 Å². The number of hydrogen-bond donors (Lipinski definition) is 2. The van der Waals surface area contributed by atoms with Gasteiger partial charge in [-0.1, -0.05) is 33.6 Å². The first-order valence-electron chi connectivity index (χ1n) is 12.4. The number of rotatable bonds is 9. The molecule has 9 nitrogen and oxygen atoms in total. The van der Waals surface area contributed by atoms with Gasteiger partial charge in [0.1, 0.15) is 16.0 Å². The zero-order valence-electron chi connectivity index (χ0n) is 21.7. The number of nitrogens with zero attached hydrogens (tertiary/aromatic N) is 1. The average Bonchev–Trinajstić information content (AvgIpc) is 3.55. The van der Waals surface area contributed by atoms with Crippen LogP contribution < -0.4 is 11.1 Å². The van der Waals surface area contributed by atoms with Crippen molar-refractivity contribution in [1.82, 2.24) is 10.2 Å². The predicted octanol–water partition coefficient (Wildman–Crippen LogP) is 2.99. The van der Waals surface area contributed by atoms with Crippen molar-refractivity contribution in [3.63, 3.8) is 0 Å². The van der Waals surface area contributed by atoms with Gasteiger partial charge in [0, 0.05) is 30.7 Å². The lowest BCUT2D eigenvalue weighted by molar-refractivity contribution is -0.144. The van der Waals surface area contributed by atoms with Gasteiger partial charge in [0.05, 0.1) is 6.04 Å². The molecule has 1 saturated heterocycles. The molecule has 11 heteroatoms. The molecule has 0 aromatic rings. The molecule has 0 bridgehead atoms. The summed E-state index contributed by atoms with van der Waals surface area (Å²) in [6.45, 7) is 10.7. The van der Waals surface area contributed by atoms with Gasteiger partial charge in [0.15, 0.2) is 5.78 Å². The van der Waals surface area contributed by atoms with Crippen molar-refractivity contribution in [2.24, 2.45) is 34.8 Å². The van der Waals surface area contributed by atoms with Crippen LogP contribution in [0, 0.1) is 29.1 Å². The first kappa shape index (κ1) is 28.7. The Balaban J connectivity index is 1.83. The van der Waals surface area contributed by atoms with Crippen molar-refractivity contribution in [2.45, 2.75) is 89.2 Å². The molecule has 1 heterocycles. The largest absolute Gasteiger partial charge is 0.444 e. The number of likely N-dealkylation sites (tertiary alicyclic amines) is 1. The molecule has 3 fully saturated rings. The Morgan fingerprint density at radius 3 is 2.14 bits per heavy atom. The van der Waals surface area contributed by atoms with E-state index in [0.717, 1.165) is 12.8 Å². The normalized spacial score (nSPS) is 26.4. The summed E-state index contributed by atoms with van der Waals surface area (Å²) >= 11 is 12.9. The van der Waals surface area contributed by atoms with Gasteiger partial charge in [0.25, 0.3) is 5.91 Å². The minimum atomic E-state index is -1.16. The number of halogens is 2. The summed E-state index contributed by atoms with van der Waals surface area (Å²) in [5.74, 6) is -4.05. The van der Waals surface area contributed by atoms with Gasteiger partial charge in [-0.2, -0.15) is 0 Å². The Morgan fingerprint density at radius 1 is 1.08 bits per heavy atom. The van der Waals surface area contributed by atoms with Gasteiger partial charge in [-0.15, -0.1) is 23.2 Å². The number of nitrogens with two attached hydrogens (primary N) is 1. The molecule has 0 radical (unpaired) electrons. The first-order chi connectivity index (χ1) is 16.3. The number of ether oxygens (including phenoxy) is 1. The molecular weight excluding hydrogens is 509 g/mol. The van der Waals surface area contributed by atoms with E-state index < -0.39 is 63.0 Å². The van der Waals surface area contributed by atoms with E-state index in [1.54, 1.807) is 41.5 Å². The van der Waals surface area contributed by atoms with Crippen LogP contribution in [0.4, 0.5) is 4.79 Å². The lowest BCUT2D eigenvalue weighted by Crippen LogP contribution is -2.58. The van der Waals surface area contributed by atoms with E-state index >= 15 is 0 Å². The van der Waals surface area contributed by atoms with E-state index in [2.05, 4.69) is 5.32 Å². The third kappa shape index (κ3) is 6.33. The van der Waals surface area contributed by atoms with Gasteiger partial charge in [-0.05, 0) is 38.5 Å². The number of alkyl carbamates (subject to hydrolysis) is 1. The number of hydrogen-bond acceptors (Lipinski definition) is 6. The number of primary amides is 1. The molecular formula is C25H37Cl2N3O6. The first-order valence-corrected chi connectivity index (χ1v) is 13.1. The Hall–Kier alpha value is -1.87. The number of nitrogens with one attached hydrogen (secondary N) is 1. The SMILES string of the molecule is CC(C)(C)OC(=O)N[C@H](C(=O)N1C[C@H]2[C@@H]([C@H]1C(=O)CC(CC1CC1)C(=O)C(N)=O)C2(Cl)Cl)C(C)(C)C. The molecule has 3 amide bonds. The molecule has 0 spiro atoms. The highest BCUT2D eigenvalue weighted by molar-refractivity contribution is 6.51. The molecule has 5 atom stereocenters. The quantitative estimate of drug-likeness (QED) is 0.337. The smallest absolute Gasteiger partial charge is 0.408 e. The number of ketones is 2. The summed E-state index contributed by atoms with van der Waals surface area (Å²) < 4.78 is 4.19. The predicted molar refractivity (Wildman–Crippen MR) is 134 cm³/mol. The fourth-order valence-electron chi connectivity index (χ4n) is 5.05. The lowest BCUT2D eigenvalue weighted by atomic mass is 9.85. The van der Waals surface area contributed by atoms with E-state index in [9.17, 15) is 24.0 Å². The highest BCUT2D eigenvalue weighted by atomic mass is 35.5. The van der Waals surface area contributed by atoms with Crippen LogP contribution in [0.5, 0.6) is 0 Å². The van der Waals surface area contributed by atoms with Gasteiger partial charge in [-0.3, -0.25) is 19.2 Å². The zero-order valence-corrected chi connectivity index (χ0v) is 23.2. The Morgan fingerprint density at radius 2 is 1.67 bits per heavy atom. The van der Waals surface area contributed by atoms with Gasteiger partial charge in [0.2, 0.25) is 11.7 Å². The van der Waals surface area contributed by atoms with Crippen LogP contribution in [0.1, 0.15) is 67.2 Å². The summed E-state index contributed by atoms with van der Waals surface area (Å²) in [5, 5.41) is 2.66. The van der Waals surface area contributed by atoms with E-state index in [4.69, 9.17) is 33.7 Å². The van der Waals surface area contributed by atoms with Crippen LogP contribution in [-0.4, -0.2) is 62.9 Å². The van der Waals surface area contributed by atoms with Crippen molar-refractivity contribution in [3.8, 4) is 0 Å².